The van der Waals surface area contributed by atoms with Crippen molar-refractivity contribution in [2.24, 2.45) is 0 Å². The summed E-state index contributed by atoms with van der Waals surface area (Å²) in [7, 11) is 0. The Morgan fingerprint density at radius 3 is 2.62 bits per heavy atom. The van der Waals surface area contributed by atoms with Gasteiger partial charge in [0.15, 0.2) is 5.03 Å². The molecule has 0 spiro atoms. The molecule has 1 aromatic rings. The van der Waals surface area contributed by atoms with Crippen molar-refractivity contribution in [3.63, 3.8) is 0 Å². The lowest BCUT2D eigenvalue weighted by molar-refractivity contribution is -0.388. The van der Waals surface area contributed by atoms with Gasteiger partial charge < -0.3 is 0 Å². The maximum Gasteiger partial charge on any atom is 0.418 e. The van der Waals surface area contributed by atoms with Gasteiger partial charge in [-0.2, -0.15) is 13.2 Å². The zero-order valence-corrected chi connectivity index (χ0v) is 8.93. The van der Waals surface area contributed by atoms with Gasteiger partial charge in [-0.15, -0.1) is 0 Å². The van der Waals surface area contributed by atoms with Crippen LogP contribution in [0.1, 0.15) is 12.5 Å². The molecule has 0 fully saturated rings. The minimum absolute atomic E-state index is 0.000463. The molecule has 8 heteroatoms. The number of nitrogens with zero attached hydrogens (tertiary/aromatic N) is 2. The molecular formula is C8H7F3N2O2S. The molecule has 0 bridgehead atoms. The van der Waals surface area contributed by atoms with E-state index in [1.54, 1.807) is 6.92 Å². The normalized spacial score (nSPS) is 11.5. The molecule has 0 radical (unpaired) electrons. The Kier molecular flexibility index (Phi) is 3.74. The maximum atomic E-state index is 12.3. The summed E-state index contributed by atoms with van der Waals surface area (Å²) >= 11 is 1.03. The average Bonchev–Trinajstić information content (AvgIpc) is 2.16. The number of hydrogen-bond donors (Lipinski definition) is 0. The Bertz CT molecular complexity index is 409. The average molecular weight is 252 g/mol. The Morgan fingerprint density at radius 1 is 1.56 bits per heavy atom. The molecule has 0 saturated carbocycles. The number of rotatable bonds is 3. The summed E-state index contributed by atoms with van der Waals surface area (Å²) in [5.74, 6) is 0.499. The van der Waals surface area contributed by atoms with Crippen LogP contribution in [0, 0.1) is 10.1 Å². The second-order valence-electron chi connectivity index (χ2n) is 2.74. The van der Waals surface area contributed by atoms with Crippen LogP contribution >= 0.6 is 11.8 Å². The van der Waals surface area contributed by atoms with Crippen LogP contribution in [0.5, 0.6) is 0 Å². The Balaban J connectivity index is 3.23. The van der Waals surface area contributed by atoms with Crippen LogP contribution in [0.4, 0.5) is 18.9 Å². The predicted molar refractivity (Wildman–Crippen MR) is 52.3 cm³/mol. The van der Waals surface area contributed by atoms with Crippen molar-refractivity contribution in [1.82, 2.24) is 4.98 Å². The van der Waals surface area contributed by atoms with E-state index in [0.29, 0.717) is 18.0 Å². The molecule has 88 valence electrons. The van der Waals surface area contributed by atoms with Crippen molar-refractivity contribution in [2.45, 2.75) is 18.1 Å². The monoisotopic (exact) mass is 252 g/mol. The van der Waals surface area contributed by atoms with Crippen molar-refractivity contribution in [1.29, 1.82) is 0 Å². The fourth-order valence-electron chi connectivity index (χ4n) is 0.974. The highest BCUT2D eigenvalue weighted by molar-refractivity contribution is 7.99. The minimum atomic E-state index is -4.62. The second kappa shape index (κ2) is 4.69. The number of halogens is 3. The number of thioether (sulfide) groups is 1. The molecule has 0 saturated heterocycles. The van der Waals surface area contributed by atoms with Crippen LogP contribution in [-0.2, 0) is 6.18 Å². The Labute approximate surface area is 93.0 Å². The molecule has 0 aliphatic heterocycles. The molecule has 4 nitrogen and oxygen atoms in total. The lowest BCUT2D eigenvalue weighted by Crippen LogP contribution is -2.07. The highest BCUT2D eigenvalue weighted by Crippen LogP contribution is 2.34. The van der Waals surface area contributed by atoms with E-state index in [4.69, 9.17) is 0 Å². The molecule has 0 aliphatic rings. The van der Waals surface area contributed by atoms with E-state index in [9.17, 15) is 23.3 Å². The third-order valence-corrected chi connectivity index (χ3v) is 2.51. The number of alkyl halides is 3. The first kappa shape index (κ1) is 12.8. The smallest absolute Gasteiger partial charge is 0.258 e. The lowest BCUT2D eigenvalue weighted by Gasteiger charge is -2.07. The van der Waals surface area contributed by atoms with E-state index in [1.807, 2.05) is 0 Å². The van der Waals surface area contributed by atoms with E-state index in [0.717, 1.165) is 11.8 Å². The second-order valence-corrected chi connectivity index (χ2v) is 3.99. The van der Waals surface area contributed by atoms with Gasteiger partial charge >= 0.3 is 11.9 Å². The molecule has 0 amide bonds. The number of nitro groups is 1. The lowest BCUT2D eigenvalue weighted by atomic mass is 10.2. The van der Waals surface area contributed by atoms with E-state index in [1.165, 1.54) is 0 Å². The van der Waals surface area contributed by atoms with Crippen molar-refractivity contribution in [3.05, 3.63) is 27.9 Å². The van der Waals surface area contributed by atoms with Crippen LogP contribution in [-0.4, -0.2) is 15.7 Å². The molecule has 0 aliphatic carbocycles. The first-order valence-electron chi connectivity index (χ1n) is 4.20. The van der Waals surface area contributed by atoms with Gasteiger partial charge in [0.1, 0.15) is 0 Å². The van der Waals surface area contributed by atoms with Gasteiger partial charge in [-0.25, -0.2) is 4.98 Å². The molecule has 0 aromatic carbocycles. The molecule has 0 unspecified atom stereocenters. The van der Waals surface area contributed by atoms with Crippen LogP contribution < -0.4 is 0 Å². The summed E-state index contributed by atoms with van der Waals surface area (Å²) in [6.45, 7) is 1.73. The summed E-state index contributed by atoms with van der Waals surface area (Å²) in [6, 6.07) is 0.505. The molecule has 0 N–H and O–H groups in total. The summed E-state index contributed by atoms with van der Waals surface area (Å²) in [5.41, 5.74) is -1.72. The third-order valence-electron chi connectivity index (χ3n) is 1.64. The van der Waals surface area contributed by atoms with Gasteiger partial charge in [-0.05, 0) is 5.75 Å². The molecule has 16 heavy (non-hydrogen) atoms. The topological polar surface area (TPSA) is 56.0 Å². The van der Waals surface area contributed by atoms with Crippen molar-refractivity contribution in [3.8, 4) is 0 Å². The SMILES string of the molecule is CCSc1ncc(C(F)(F)F)cc1[N+](=O)[O-]. The Morgan fingerprint density at radius 2 is 2.19 bits per heavy atom. The van der Waals surface area contributed by atoms with E-state index < -0.39 is 22.4 Å². The number of pyridine rings is 1. The molecule has 0 atom stereocenters. The van der Waals surface area contributed by atoms with Gasteiger partial charge in [0.05, 0.1) is 10.5 Å². The van der Waals surface area contributed by atoms with Crippen LogP contribution in [0.15, 0.2) is 17.3 Å². The zero-order chi connectivity index (χ0) is 12.3. The molecule has 1 aromatic heterocycles. The van der Waals surface area contributed by atoms with E-state index >= 15 is 0 Å². The van der Waals surface area contributed by atoms with Crippen molar-refractivity contribution in [2.75, 3.05) is 5.75 Å². The van der Waals surface area contributed by atoms with E-state index in [-0.39, 0.29) is 5.03 Å². The summed E-state index contributed by atoms with van der Waals surface area (Å²) in [6.07, 6.45) is -4.02. The quantitative estimate of drug-likeness (QED) is 0.471. The standard InChI is InChI=1S/C8H7F3N2O2S/c1-2-16-7-6(13(14)15)3-5(4-12-7)8(9,10)11/h3-4H,2H2,1H3. The fourth-order valence-corrected chi connectivity index (χ4v) is 1.66. The largest absolute Gasteiger partial charge is 0.418 e. The van der Waals surface area contributed by atoms with Crippen molar-refractivity contribution >= 4 is 17.4 Å². The van der Waals surface area contributed by atoms with Crippen LogP contribution in [0.25, 0.3) is 0 Å². The fraction of sp³-hybridized carbons (Fsp3) is 0.375. The van der Waals surface area contributed by atoms with Gasteiger partial charge in [0.25, 0.3) is 0 Å². The van der Waals surface area contributed by atoms with E-state index in [2.05, 4.69) is 4.98 Å². The molecular weight excluding hydrogens is 245 g/mol. The first-order valence-corrected chi connectivity index (χ1v) is 5.19. The van der Waals surface area contributed by atoms with Gasteiger partial charge in [-0.1, -0.05) is 18.7 Å². The van der Waals surface area contributed by atoms with Gasteiger partial charge in [0.2, 0.25) is 0 Å². The molecule has 1 rings (SSSR count). The summed E-state index contributed by atoms with van der Waals surface area (Å²) in [4.78, 5) is 13.2. The van der Waals surface area contributed by atoms with Crippen LogP contribution in [0.3, 0.4) is 0 Å². The highest BCUT2D eigenvalue weighted by atomic mass is 32.2. The van der Waals surface area contributed by atoms with Crippen molar-refractivity contribution < 1.29 is 18.1 Å². The van der Waals surface area contributed by atoms with Gasteiger partial charge in [0, 0.05) is 12.3 Å². The minimum Gasteiger partial charge on any atom is -0.258 e. The summed E-state index contributed by atoms with van der Waals surface area (Å²) in [5, 5.41) is 10.6. The first-order chi connectivity index (χ1) is 7.36. The van der Waals surface area contributed by atoms with Crippen LogP contribution in [0.2, 0.25) is 0 Å². The van der Waals surface area contributed by atoms with Gasteiger partial charge in [-0.3, -0.25) is 10.1 Å². The Hall–Kier alpha value is -1.31. The predicted octanol–water partition coefficient (Wildman–Crippen LogP) is 3.12. The zero-order valence-electron chi connectivity index (χ0n) is 8.11. The maximum absolute atomic E-state index is 12.3. The molecule has 1 heterocycles. The number of hydrogen-bond acceptors (Lipinski definition) is 4. The number of aromatic nitrogens is 1. The third kappa shape index (κ3) is 2.84. The highest BCUT2D eigenvalue weighted by Gasteiger charge is 2.33. The summed E-state index contributed by atoms with van der Waals surface area (Å²) < 4.78 is 36.8.